The summed E-state index contributed by atoms with van der Waals surface area (Å²) in [6.07, 6.45) is -4.31. The Morgan fingerprint density at radius 1 is 1.19 bits per heavy atom. The number of nitrogens with zero attached hydrogens (tertiary/aromatic N) is 1. The average molecular weight is 304 g/mol. The van der Waals surface area contributed by atoms with Gasteiger partial charge in [0.15, 0.2) is 0 Å². The Labute approximate surface area is 123 Å². The van der Waals surface area contributed by atoms with Gasteiger partial charge in [0, 0.05) is 25.7 Å². The lowest BCUT2D eigenvalue weighted by atomic mass is 10.0. The Balaban J connectivity index is 2.59. The number of hydrogen-bond acceptors (Lipinski definition) is 3. The molecule has 21 heavy (non-hydrogen) atoms. The molecule has 1 aromatic rings. The van der Waals surface area contributed by atoms with Crippen LogP contribution in [0.15, 0.2) is 24.3 Å². The van der Waals surface area contributed by atoms with Gasteiger partial charge in [0.05, 0.1) is 12.2 Å². The lowest BCUT2D eigenvalue weighted by Gasteiger charge is -2.24. The molecule has 0 aromatic heterocycles. The molecule has 0 saturated heterocycles. The summed E-state index contributed by atoms with van der Waals surface area (Å²) in [5, 5.41) is 0. The monoisotopic (exact) mass is 304 g/mol. The number of nitrogens with two attached hydrogens (primary N) is 1. The third-order valence-electron chi connectivity index (χ3n) is 3.32. The van der Waals surface area contributed by atoms with Gasteiger partial charge in [-0.1, -0.05) is 19.1 Å². The van der Waals surface area contributed by atoms with E-state index in [1.807, 2.05) is 13.8 Å². The SMILES string of the molecule is CCOCCN(CC)CC(N)c1ccc(C(F)(F)F)cc1. The topological polar surface area (TPSA) is 38.5 Å². The van der Waals surface area contributed by atoms with Gasteiger partial charge in [-0.2, -0.15) is 13.2 Å². The van der Waals surface area contributed by atoms with Crippen LogP contribution in [-0.4, -0.2) is 37.7 Å². The van der Waals surface area contributed by atoms with Crippen molar-refractivity contribution in [3.05, 3.63) is 35.4 Å². The quantitative estimate of drug-likeness (QED) is 0.750. The largest absolute Gasteiger partial charge is 0.416 e. The smallest absolute Gasteiger partial charge is 0.380 e. The van der Waals surface area contributed by atoms with E-state index in [4.69, 9.17) is 10.5 Å². The molecule has 3 nitrogen and oxygen atoms in total. The molecule has 2 N–H and O–H groups in total. The van der Waals surface area contributed by atoms with Gasteiger partial charge >= 0.3 is 6.18 Å². The molecule has 0 radical (unpaired) electrons. The van der Waals surface area contributed by atoms with Crippen LogP contribution in [0.3, 0.4) is 0 Å². The summed E-state index contributed by atoms with van der Waals surface area (Å²) in [5.74, 6) is 0. The third-order valence-corrected chi connectivity index (χ3v) is 3.32. The van der Waals surface area contributed by atoms with Crippen LogP contribution in [0.2, 0.25) is 0 Å². The van der Waals surface area contributed by atoms with E-state index in [9.17, 15) is 13.2 Å². The molecular formula is C15H23F3N2O. The molecule has 1 rings (SSSR count). The second-order valence-electron chi connectivity index (χ2n) is 4.82. The summed E-state index contributed by atoms with van der Waals surface area (Å²) >= 11 is 0. The van der Waals surface area contributed by atoms with Gasteiger partial charge in [0.2, 0.25) is 0 Å². The van der Waals surface area contributed by atoms with Crippen LogP contribution in [0.25, 0.3) is 0 Å². The predicted octanol–water partition coefficient (Wildman–Crippen LogP) is 3.06. The standard InChI is InChI=1S/C15H23F3N2O/c1-3-20(9-10-21-4-2)11-14(19)12-5-7-13(8-6-12)15(16,17)18/h5-8,14H,3-4,9-11,19H2,1-2H3. The van der Waals surface area contributed by atoms with Gasteiger partial charge in [0.1, 0.15) is 0 Å². The van der Waals surface area contributed by atoms with Gasteiger partial charge in [-0.05, 0) is 31.2 Å². The average Bonchev–Trinajstić information content (AvgIpc) is 2.45. The molecule has 0 bridgehead atoms. The molecule has 6 heteroatoms. The number of benzene rings is 1. The minimum atomic E-state index is -4.31. The van der Waals surface area contributed by atoms with Crippen molar-refractivity contribution in [2.24, 2.45) is 5.73 Å². The molecule has 0 spiro atoms. The van der Waals surface area contributed by atoms with E-state index in [2.05, 4.69) is 4.90 Å². The Morgan fingerprint density at radius 3 is 2.29 bits per heavy atom. The normalized spacial score (nSPS) is 13.7. The molecule has 0 aliphatic rings. The van der Waals surface area contributed by atoms with Crippen molar-refractivity contribution in [2.75, 3.05) is 32.8 Å². The first-order valence-electron chi connectivity index (χ1n) is 7.11. The van der Waals surface area contributed by atoms with E-state index < -0.39 is 11.7 Å². The maximum atomic E-state index is 12.5. The van der Waals surface area contributed by atoms with Crippen LogP contribution in [0.5, 0.6) is 0 Å². The molecule has 120 valence electrons. The van der Waals surface area contributed by atoms with Crippen molar-refractivity contribution in [1.82, 2.24) is 4.90 Å². The lowest BCUT2D eigenvalue weighted by Crippen LogP contribution is -2.34. The summed E-state index contributed by atoms with van der Waals surface area (Å²) in [5.41, 5.74) is 6.13. The highest BCUT2D eigenvalue weighted by molar-refractivity contribution is 5.26. The molecule has 0 fully saturated rings. The van der Waals surface area contributed by atoms with Crippen LogP contribution in [0.1, 0.15) is 31.0 Å². The molecule has 0 amide bonds. The van der Waals surface area contributed by atoms with Crippen molar-refractivity contribution in [1.29, 1.82) is 0 Å². The zero-order chi connectivity index (χ0) is 15.9. The van der Waals surface area contributed by atoms with E-state index in [0.29, 0.717) is 25.3 Å². The third kappa shape index (κ3) is 6.03. The fourth-order valence-electron chi connectivity index (χ4n) is 2.02. The van der Waals surface area contributed by atoms with Crippen LogP contribution in [0.4, 0.5) is 13.2 Å². The van der Waals surface area contributed by atoms with Crippen molar-refractivity contribution in [2.45, 2.75) is 26.1 Å². The minimum Gasteiger partial charge on any atom is -0.380 e. The minimum absolute atomic E-state index is 0.311. The number of rotatable bonds is 8. The van der Waals surface area contributed by atoms with E-state index in [1.54, 1.807) is 0 Å². The van der Waals surface area contributed by atoms with Gasteiger partial charge in [-0.3, -0.25) is 4.90 Å². The van der Waals surface area contributed by atoms with Crippen LogP contribution < -0.4 is 5.73 Å². The Morgan fingerprint density at radius 2 is 1.81 bits per heavy atom. The first-order valence-corrected chi connectivity index (χ1v) is 7.11. The molecular weight excluding hydrogens is 281 g/mol. The number of likely N-dealkylation sites (N-methyl/N-ethyl adjacent to an activating group) is 1. The van der Waals surface area contributed by atoms with Crippen molar-refractivity contribution < 1.29 is 17.9 Å². The summed E-state index contributed by atoms with van der Waals surface area (Å²) in [6, 6.07) is 4.74. The molecule has 0 aliphatic carbocycles. The van der Waals surface area contributed by atoms with Gasteiger partial charge < -0.3 is 10.5 Å². The Kier molecular flexibility index (Phi) is 7.14. The van der Waals surface area contributed by atoms with E-state index >= 15 is 0 Å². The first kappa shape index (κ1) is 17.9. The summed E-state index contributed by atoms with van der Waals surface area (Å²) in [4.78, 5) is 2.12. The van der Waals surface area contributed by atoms with Gasteiger partial charge in [-0.25, -0.2) is 0 Å². The Hall–Kier alpha value is -1.11. The van der Waals surface area contributed by atoms with E-state index in [1.165, 1.54) is 12.1 Å². The van der Waals surface area contributed by atoms with Crippen molar-refractivity contribution >= 4 is 0 Å². The molecule has 1 unspecified atom stereocenters. The maximum Gasteiger partial charge on any atom is 0.416 e. The lowest BCUT2D eigenvalue weighted by molar-refractivity contribution is -0.137. The highest BCUT2D eigenvalue weighted by Crippen LogP contribution is 2.29. The zero-order valence-corrected chi connectivity index (χ0v) is 12.5. The Bertz CT molecular complexity index is 406. The van der Waals surface area contributed by atoms with E-state index in [-0.39, 0.29) is 6.04 Å². The van der Waals surface area contributed by atoms with Crippen molar-refractivity contribution in [3.63, 3.8) is 0 Å². The van der Waals surface area contributed by atoms with Crippen LogP contribution >= 0.6 is 0 Å². The van der Waals surface area contributed by atoms with E-state index in [0.717, 1.165) is 25.2 Å². The second-order valence-corrected chi connectivity index (χ2v) is 4.82. The molecule has 0 aliphatic heterocycles. The highest BCUT2D eigenvalue weighted by atomic mass is 19.4. The molecule has 0 heterocycles. The first-order chi connectivity index (χ1) is 9.88. The highest BCUT2D eigenvalue weighted by Gasteiger charge is 2.30. The molecule has 0 saturated carbocycles. The summed E-state index contributed by atoms with van der Waals surface area (Å²) in [7, 11) is 0. The number of hydrogen-bond donors (Lipinski definition) is 1. The number of halogens is 3. The van der Waals surface area contributed by atoms with Crippen LogP contribution in [0, 0.1) is 0 Å². The molecule has 1 atom stereocenters. The summed E-state index contributed by atoms with van der Waals surface area (Å²) < 4.78 is 42.8. The fraction of sp³-hybridized carbons (Fsp3) is 0.600. The number of alkyl halides is 3. The van der Waals surface area contributed by atoms with Gasteiger partial charge in [0.25, 0.3) is 0 Å². The summed E-state index contributed by atoms with van der Waals surface area (Å²) in [6.45, 7) is 7.43. The predicted molar refractivity (Wildman–Crippen MR) is 77.0 cm³/mol. The van der Waals surface area contributed by atoms with Gasteiger partial charge in [-0.15, -0.1) is 0 Å². The fourth-order valence-corrected chi connectivity index (χ4v) is 2.02. The van der Waals surface area contributed by atoms with Crippen LogP contribution in [-0.2, 0) is 10.9 Å². The second kappa shape index (κ2) is 8.36. The zero-order valence-electron chi connectivity index (χ0n) is 12.5. The maximum absolute atomic E-state index is 12.5. The molecule has 1 aromatic carbocycles. The number of ether oxygens (including phenoxy) is 1. The van der Waals surface area contributed by atoms with Crippen molar-refractivity contribution in [3.8, 4) is 0 Å².